The monoisotopic (exact) mass is 171 g/mol. The molecule has 0 bridgehead atoms. The Bertz CT molecular complexity index is 137. The summed E-state index contributed by atoms with van der Waals surface area (Å²) in [6.07, 6.45) is 7.20. The van der Waals surface area contributed by atoms with Crippen LogP contribution in [0.3, 0.4) is 0 Å². The zero-order valence-corrected chi connectivity index (χ0v) is 5.38. The van der Waals surface area contributed by atoms with Gasteiger partial charge in [-0.1, -0.05) is 0 Å². The molecule has 1 aliphatic heterocycles. The predicted molar refractivity (Wildman–Crippen MR) is 31.5 cm³/mol. The largest absolute Gasteiger partial charge is 0.673 e. The maximum absolute atomic E-state index is 9.75. The van der Waals surface area contributed by atoms with Crippen LogP contribution < -0.4 is 5.48 Å². The third-order valence-corrected chi connectivity index (χ3v) is 0.536. The molecular formula is C4H6BF4NO. The summed E-state index contributed by atoms with van der Waals surface area (Å²) in [5.74, 6) is 0. The van der Waals surface area contributed by atoms with Crippen molar-refractivity contribution in [2.45, 2.75) is 0 Å². The molecule has 0 unspecified atom stereocenters. The number of rotatable bonds is 0. The molecule has 2 N–H and O–H groups in total. The van der Waals surface area contributed by atoms with Crippen LogP contribution in [-0.4, -0.2) is 7.25 Å². The van der Waals surface area contributed by atoms with Crippen molar-refractivity contribution in [1.29, 1.82) is 0 Å². The fourth-order valence-corrected chi connectivity index (χ4v) is 0.291. The number of hydrogen-bond donors (Lipinski definition) is 1. The summed E-state index contributed by atoms with van der Waals surface area (Å²) in [5.41, 5.74) is 1.62. The number of nitrogens with two attached hydrogens (primary N) is 1. The molecule has 1 aliphatic rings. The molecule has 0 saturated carbocycles. The van der Waals surface area contributed by atoms with E-state index in [1.807, 2.05) is 18.4 Å². The minimum atomic E-state index is -6.00. The summed E-state index contributed by atoms with van der Waals surface area (Å²) in [6.45, 7) is 0. The number of quaternary nitrogens is 1. The van der Waals surface area contributed by atoms with Crippen molar-refractivity contribution < 1.29 is 27.6 Å². The van der Waals surface area contributed by atoms with E-state index in [4.69, 9.17) is 0 Å². The Hall–Kier alpha value is -0.975. The van der Waals surface area contributed by atoms with Gasteiger partial charge in [0.25, 0.3) is 0 Å². The van der Waals surface area contributed by atoms with E-state index >= 15 is 0 Å². The van der Waals surface area contributed by atoms with Crippen molar-refractivity contribution in [2.24, 2.45) is 0 Å². The first-order chi connectivity index (χ1) is 5.00. The Morgan fingerprint density at radius 2 is 1.64 bits per heavy atom. The second-order valence-electron chi connectivity index (χ2n) is 1.48. The van der Waals surface area contributed by atoms with Crippen LogP contribution in [0.15, 0.2) is 24.6 Å². The molecule has 7 heteroatoms. The highest BCUT2D eigenvalue weighted by Gasteiger charge is 2.20. The van der Waals surface area contributed by atoms with E-state index in [-0.39, 0.29) is 0 Å². The molecule has 0 spiro atoms. The lowest BCUT2D eigenvalue weighted by atomic mass is 10.3. The minimum Gasteiger partial charge on any atom is -0.418 e. The summed E-state index contributed by atoms with van der Waals surface area (Å²) in [5, 5.41) is 0. The van der Waals surface area contributed by atoms with E-state index in [0.717, 1.165) is 0 Å². The molecular weight excluding hydrogens is 165 g/mol. The first-order valence-corrected chi connectivity index (χ1v) is 2.68. The van der Waals surface area contributed by atoms with Gasteiger partial charge in [-0.3, -0.25) is 0 Å². The van der Waals surface area contributed by atoms with Crippen LogP contribution in [0.2, 0.25) is 0 Å². The van der Waals surface area contributed by atoms with Crippen LogP contribution in [0.25, 0.3) is 0 Å². The highest BCUT2D eigenvalue weighted by atomic mass is 19.5. The maximum atomic E-state index is 9.75. The summed E-state index contributed by atoms with van der Waals surface area (Å²) in [7, 11) is -6.00. The fraction of sp³-hybridized carbons (Fsp3) is 0. The molecule has 0 atom stereocenters. The molecule has 0 aliphatic carbocycles. The Kier molecular flexibility index (Phi) is 4.36. The third kappa shape index (κ3) is 17.6. The molecule has 0 aromatic heterocycles. The van der Waals surface area contributed by atoms with Gasteiger partial charge in [0, 0.05) is 0 Å². The molecule has 1 rings (SSSR count). The van der Waals surface area contributed by atoms with Gasteiger partial charge in [0.15, 0.2) is 6.26 Å². The second kappa shape index (κ2) is 4.78. The van der Waals surface area contributed by atoms with Crippen molar-refractivity contribution in [3.63, 3.8) is 0 Å². The van der Waals surface area contributed by atoms with Crippen molar-refractivity contribution in [3.05, 3.63) is 24.6 Å². The first-order valence-electron chi connectivity index (χ1n) is 2.68. The van der Waals surface area contributed by atoms with Gasteiger partial charge in [-0.05, 0) is 12.2 Å². The van der Waals surface area contributed by atoms with Gasteiger partial charge in [0.05, 0.1) is 0 Å². The molecule has 2 nitrogen and oxygen atoms in total. The molecule has 0 fully saturated rings. The van der Waals surface area contributed by atoms with E-state index in [2.05, 4.69) is 4.84 Å². The van der Waals surface area contributed by atoms with Crippen LogP contribution in [0.5, 0.6) is 0 Å². The fourth-order valence-electron chi connectivity index (χ4n) is 0.291. The maximum Gasteiger partial charge on any atom is 0.673 e. The smallest absolute Gasteiger partial charge is 0.418 e. The average molecular weight is 171 g/mol. The highest BCUT2D eigenvalue weighted by Crippen LogP contribution is 2.06. The molecule has 1 heterocycles. The van der Waals surface area contributed by atoms with Crippen LogP contribution >= 0.6 is 0 Å². The quantitative estimate of drug-likeness (QED) is 0.423. The highest BCUT2D eigenvalue weighted by molar-refractivity contribution is 6.50. The summed E-state index contributed by atoms with van der Waals surface area (Å²) >= 11 is 0. The van der Waals surface area contributed by atoms with Gasteiger partial charge in [-0.2, -0.15) is 0 Å². The zero-order valence-electron chi connectivity index (χ0n) is 5.38. The lowest BCUT2D eigenvalue weighted by Crippen LogP contribution is -2.76. The molecule has 0 saturated heterocycles. The van der Waals surface area contributed by atoms with E-state index in [0.29, 0.717) is 0 Å². The van der Waals surface area contributed by atoms with E-state index in [9.17, 15) is 17.3 Å². The standard InChI is InChI=1S/C4H5NO.BF4/c1-2-4-6-5-3-1;2-1(3,4)5/h1-5H;/q;-1/p+1. The third-order valence-electron chi connectivity index (χ3n) is 0.536. The summed E-state index contributed by atoms with van der Waals surface area (Å²) < 4.78 is 39.0. The number of halogens is 4. The summed E-state index contributed by atoms with van der Waals surface area (Å²) in [4.78, 5) is 4.68. The Morgan fingerprint density at radius 1 is 1.09 bits per heavy atom. The molecule has 64 valence electrons. The van der Waals surface area contributed by atoms with Crippen molar-refractivity contribution >= 4 is 7.25 Å². The molecule has 0 radical (unpaired) electrons. The SMILES string of the molecule is C1=C[NH2+]OC=C1.F[B-](F)(F)F. The van der Waals surface area contributed by atoms with Gasteiger partial charge < -0.3 is 22.1 Å². The Morgan fingerprint density at radius 3 is 1.73 bits per heavy atom. The topological polar surface area (TPSA) is 25.8 Å². The second-order valence-corrected chi connectivity index (χ2v) is 1.48. The first kappa shape index (κ1) is 10.0. The molecule has 0 aromatic rings. The average Bonchev–Trinajstić information content (AvgIpc) is 1.88. The number of allylic oxidation sites excluding steroid dienone is 2. The normalized spacial score (nSPS) is 14.9. The van der Waals surface area contributed by atoms with Crippen molar-refractivity contribution in [1.82, 2.24) is 0 Å². The zero-order chi connectivity index (χ0) is 8.74. The van der Waals surface area contributed by atoms with Crippen molar-refractivity contribution in [3.8, 4) is 0 Å². The van der Waals surface area contributed by atoms with Gasteiger partial charge in [0.2, 0.25) is 0 Å². The van der Waals surface area contributed by atoms with Crippen LogP contribution in [0.4, 0.5) is 17.3 Å². The molecule has 0 amide bonds. The van der Waals surface area contributed by atoms with Gasteiger partial charge in [-0.15, -0.1) is 5.48 Å². The minimum absolute atomic E-state index is 1.62. The van der Waals surface area contributed by atoms with Gasteiger partial charge in [-0.25, -0.2) is 0 Å². The summed E-state index contributed by atoms with van der Waals surface area (Å²) in [6, 6.07) is 0. The lowest BCUT2D eigenvalue weighted by Gasteiger charge is -1.94. The Labute approximate surface area is 60.6 Å². The van der Waals surface area contributed by atoms with Crippen LogP contribution in [-0.2, 0) is 4.84 Å². The van der Waals surface area contributed by atoms with E-state index in [1.165, 1.54) is 0 Å². The molecule has 0 aromatic carbocycles. The van der Waals surface area contributed by atoms with Crippen LogP contribution in [0, 0.1) is 0 Å². The number of hydroxylamine groups is 1. The van der Waals surface area contributed by atoms with E-state index < -0.39 is 7.25 Å². The number of hydrogen-bond acceptors (Lipinski definition) is 1. The van der Waals surface area contributed by atoms with E-state index in [1.54, 1.807) is 11.7 Å². The lowest BCUT2D eigenvalue weighted by molar-refractivity contribution is -0.833. The molecule has 11 heavy (non-hydrogen) atoms. The van der Waals surface area contributed by atoms with Gasteiger partial charge >= 0.3 is 7.25 Å². The predicted octanol–water partition coefficient (Wildman–Crippen LogP) is 0.822. The van der Waals surface area contributed by atoms with Crippen LogP contribution in [0.1, 0.15) is 0 Å². The Balaban J connectivity index is 0.000000187. The van der Waals surface area contributed by atoms with Crippen molar-refractivity contribution in [2.75, 3.05) is 0 Å². The van der Waals surface area contributed by atoms with Gasteiger partial charge in [0.1, 0.15) is 6.20 Å².